The minimum atomic E-state index is 0.0709. The summed E-state index contributed by atoms with van der Waals surface area (Å²) in [5.41, 5.74) is 0.706. The Morgan fingerprint density at radius 1 is 1.39 bits per heavy atom. The fraction of sp³-hybridized carbons (Fsp3) is 0.500. The van der Waals surface area contributed by atoms with E-state index in [0.717, 1.165) is 36.2 Å². The molecule has 0 unspecified atom stereocenters. The van der Waals surface area contributed by atoms with Gasteiger partial charge in [0, 0.05) is 18.7 Å². The van der Waals surface area contributed by atoms with E-state index in [4.69, 9.17) is 4.74 Å². The number of benzene rings is 1. The third-order valence-corrected chi connectivity index (χ3v) is 3.92. The van der Waals surface area contributed by atoms with Gasteiger partial charge in [-0.05, 0) is 60.9 Å². The SMILES string of the molecule is CC(=O)c1ccc(OC2CCN(C)CC2)c(Br)c1. The highest BCUT2D eigenvalue weighted by atomic mass is 79.9. The van der Waals surface area contributed by atoms with Crippen LogP contribution in [0.25, 0.3) is 0 Å². The lowest BCUT2D eigenvalue weighted by Crippen LogP contribution is -2.35. The Morgan fingerprint density at radius 2 is 2.06 bits per heavy atom. The van der Waals surface area contributed by atoms with Crippen LogP contribution in [0.4, 0.5) is 0 Å². The van der Waals surface area contributed by atoms with E-state index >= 15 is 0 Å². The standard InChI is InChI=1S/C14H18BrNO2/c1-10(17)11-3-4-14(13(15)9-11)18-12-5-7-16(2)8-6-12/h3-4,9,12H,5-8H2,1-2H3. The molecule has 1 fully saturated rings. The van der Waals surface area contributed by atoms with Crippen molar-refractivity contribution in [1.29, 1.82) is 0 Å². The second-order valence-corrected chi connectivity index (χ2v) is 5.68. The van der Waals surface area contributed by atoms with E-state index < -0.39 is 0 Å². The van der Waals surface area contributed by atoms with Gasteiger partial charge in [0.05, 0.1) is 4.47 Å². The first-order chi connectivity index (χ1) is 8.56. The number of nitrogens with zero attached hydrogens (tertiary/aromatic N) is 1. The number of piperidine rings is 1. The molecular formula is C14H18BrNO2. The van der Waals surface area contributed by atoms with Gasteiger partial charge < -0.3 is 9.64 Å². The first kappa shape index (κ1) is 13.6. The van der Waals surface area contributed by atoms with Gasteiger partial charge in [0.25, 0.3) is 0 Å². The van der Waals surface area contributed by atoms with Crippen molar-refractivity contribution in [3.63, 3.8) is 0 Å². The molecule has 2 rings (SSSR count). The summed E-state index contributed by atoms with van der Waals surface area (Å²) < 4.78 is 6.84. The zero-order valence-electron chi connectivity index (χ0n) is 10.8. The molecule has 0 bridgehead atoms. The number of carbonyl (C=O) groups excluding carboxylic acids is 1. The van der Waals surface area contributed by atoms with Crippen LogP contribution in [0.3, 0.4) is 0 Å². The predicted molar refractivity (Wildman–Crippen MR) is 75.3 cm³/mol. The maximum absolute atomic E-state index is 11.3. The summed E-state index contributed by atoms with van der Waals surface area (Å²) in [6.07, 6.45) is 2.38. The van der Waals surface area contributed by atoms with Crippen LogP contribution in [0.15, 0.2) is 22.7 Å². The Morgan fingerprint density at radius 3 is 2.61 bits per heavy atom. The molecule has 0 aliphatic carbocycles. The van der Waals surface area contributed by atoms with E-state index in [1.165, 1.54) is 0 Å². The Balaban J connectivity index is 2.03. The van der Waals surface area contributed by atoms with Gasteiger partial charge >= 0.3 is 0 Å². The lowest BCUT2D eigenvalue weighted by atomic mass is 10.1. The average molecular weight is 312 g/mol. The van der Waals surface area contributed by atoms with E-state index in [-0.39, 0.29) is 11.9 Å². The molecule has 0 aromatic heterocycles. The van der Waals surface area contributed by atoms with E-state index in [9.17, 15) is 4.79 Å². The van der Waals surface area contributed by atoms with E-state index in [2.05, 4.69) is 27.9 Å². The second kappa shape index (κ2) is 5.85. The van der Waals surface area contributed by atoms with E-state index in [0.29, 0.717) is 5.56 Å². The fourth-order valence-electron chi connectivity index (χ4n) is 2.10. The Kier molecular flexibility index (Phi) is 4.40. The summed E-state index contributed by atoms with van der Waals surface area (Å²) in [4.78, 5) is 13.6. The van der Waals surface area contributed by atoms with Crippen molar-refractivity contribution in [3.05, 3.63) is 28.2 Å². The van der Waals surface area contributed by atoms with E-state index in [1.54, 1.807) is 6.92 Å². The molecule has 0 spiro atoms. The first-order valence-corrected chi connectivity index (χ1v) is 7.01. The largest absolute Gasteiger partial charge is 0.489 e. The Bertz CT molecular complexity index is 439. The molecule has 1 saturated heterocycles. The minimum Gasteiger partial charge on any atom is -0.489 e. The highest BCUT2D eigenvalue weighted by Crippen LogP contribution is 2.28. The van der Waals surface area contributed by atoms with Crippen molar-refractivity contribution >= 4 is 21.7 Å². The average Bonchev–Trinajstić information content (AvgIpc) is 2.34. The number of carbonyl (C=O) groups is 1. The number of likely N-dealkylation sites (tertiary alicyclic amines) is 1. The normalized spacial score (nSPS) is 17.7. The second-order valence-electron chi connectivity index (χ2n) is 4.82. The molecule has 98 valence electrons. The summed E-state index contributed by atoms with van der Waals surface area (Å²) in [5.74, 6) is 0.899. The highest BCUT2D eigenvalue weighted by molar-refractivity contribution is 9.10. The van der Waals surface area contributed by atoms with Crippen molar-refractivity contribution in [1.82, 2.24) is 4.90 Å². The van der Waals surface area contributed by atoms with Crippen molar-refractivity contribution in [2.45, 2.75) is 25.9 Å². The minimum absolute atomic E-state index is 0.0709. The molecule has 0 atom stereocenters. The van der Waals surface area contributed by atoms with Crippen LogP contribution in [0.5, 0.6) is 5.75 Å². The molecule has 0 N–H and O–H groups in total. The number of ketones is 1. The number of Topliss-reactive ketones (excluding diaryl/α,β-unsaturated/α-hetero) is 1. The van der Waals surface area contributed by atoms with Crippen molar-refractivity contribution < 1.29 is 9.53 Å². The molecule has 4 heteroatoms. The molecule has 1 aromatic rings. The number of halogens is 1. The van der Waals surface area contributed by atoms with Crippen LogP contribution >= 0.6 is 15.9 Å². The maximum Gasteiger partial charge on any atom is 0.159 e. The van der Waals surface area contributed by atoms with Gasteiger partial charge in [-0.2, -0.15) is 0 Å². The van der Waals surface area contributed by atoms with Crippen molar-refractivity contribution in [3.8, 4) is 5.75 Å². The third-order valence-electron chi connectivity index (χ3n) is 3.30. The van der Waals surface area contributed by atoms with Gasteiger partial charge in [-0.25, -0.2) is 0 Å². The smallest absolute Gasteiger partial charge is 0.159 e. The molecular weight excluding hydrogens is 294 g/mol. The number of hydrogen-bond donors (Lipinski definition) is 0. The summed E-state index contributed by atoms with van der Waals surface area (Å²) in [6, 6.07) is 5.52. The van der Waals surface area contributed by atoms with Crippen LogP contribution in [0.2, 0.25) is 0 Å². The topological polar surface area (TPSA) is 29.5 Å². The van der Waals surface area contributed by atoms with Crippen LogP contribution in [0, 0.1) is 0 Å². The number of hydrogen-bond acceptors (Lipinski definition) is 3. The molecule has 1 aliphatic rings. The quantitative estimate of drug-likeness (QED) is 0.803. The monoisotopic (exact) mass is 311 g/mol. The lowest BCUT2D eigenvalue weighted by Gasteiger charge is -2.29. The fourth-order valence-corrected chi connectivity index (χ4v) is 2.57. The van der Waals surface area contributed by atoms with Crippen LogP contribution in [-0.2, 0) is 0 Å². The summed E-state index contributed by atoms with van der Waals surface area (Å²) in [7, 11) is 2.13. The molecule has 1 heterocycles. The van der Waals surface area contributed by atoms with Crippen LogP contribution in [0.1, 0.15) is 30.1 Å². The Labute approximate surface area is 116 Å². The highest BCUT2D eigenvalue weighted by Gasteiger charge is 2.19. The van der Waals surface area contributed by atoms with Crippen LogP contribution in [-0.4, -0.2) is 36.9 Å². The Hall–Kier alpha value is -0.870. The molecule has 1 aliphatic heterocycles. The van der Waals surface area contributed by atoms with Gasteiger partial charge in [-0.1, -0.05) is 0 Å². The van der Waals surface area contributed by atoms with Gasteiger partial charge in [-0.3, -0.25) is 4.79 Å². The lowest BCUT2D eigenvalue weighted by molar-refractivity contribution is 0.101. The molecule has 0 saturated carbocycles. The molecule has 1 aromatic carbocycles. The van der Waals surface area contributed by atoms with Crippen molar-refractivity contribution in [2.24, 2.45) is 0 Å². The molecule has 0 radical (unpaired) electrons. The van der Waals surface area contributed by atoms with Crippen molar-refractivity contribution in [2.75, 3.05) is 20.1 Å². The van der Waals surface area contributed by atoms with E-state index in [1.807, 2.05) is 18.2 Å². The summed E-state index contributed by atoms with van der Waals surface area (Å²) >= 11 is 3.47. The molecule has 0 amide bonds. The first-order valence-electron chi connectivity index (χ1n) is 6.22. The molecule has 18 heavy (non-hydrogen) atoms. The summed E-state index contributed by atoms with van der Waals surface area (Å²) in [5, 5.41) is 0. The molecule has 3 nitrogen and oxygen atoms in total. The van der Waals surface area contributed by atoms with Gasteiger partial charge in [0.2, 0.25) is 0 Å². The third kappa shape index (κ3) is 3.33. The van der Waals surface area contributed by atoms with Gasteiger partial charge in [0.1, 0.15) is 11.9 Å². The zero-order valence-corrected chi connectivity index (χ0v) is 12.4. The van der Waals surface area contributed by atoms with Gasteiger partial charge in [0.15, 0.2) is 5.78 Å². The number of ether oxygens (including phenoxy) is 1. The summed E-state index contributed by atoms with van der Waals surface area (Å²) in [6.45, 7) is 3.72. The van der Waals surface area contributed by atoms with Gasteiger partial charge in [-0.15, -0.1) is 0 Å². The predicted octanol–water partition coefficient (Wildman–Crippen LogP) is 3.12. The number of rotatable bonds is 3. The maximum atomic E-state index is 11.3. The van der Waals surface area contributed by atoms with Crippen LogP contribution < -0.4 is 4.74 Å². The zero-order chi connectivity index (χ0) is 13.1.